The Morgan fingerprint density at radius 2 is 2.00 bits per heavy atom. The molecule has 0 saturated carbocycles. The van der Waals surface area contributed by atoms with E-state index in [0.717, 1.165) is 6.07 Å². The molecule has 15 heavy (non-hydrogen) atoms. The Hall–Kier alpha value is -1.01. The molecule has 1 aromatic rings. The van der Waals surface area contributed by atoms with Crippen LogP contribution in [0.2, 0.25) is 5.02 Å². The van der Waals surface area contributed by atoms with E-state index in [2.05, 4.69) is 17.0 Å². The van der Waals surface area contributed by atoms with Crippen molar-refractivity contribution >= 4 is 28.8 Å². The molecule has 0 saturated heterocycles. The molecular weight excluding hydrogens is 251 g/mol. The van der Waals surface area contributed by atoms with Crippen molar-refractivity contribution in [3.05, 3.63) is 28.8 Å². The van der Waals surface area contributed by atoms with Crippen LogP contribution in [-0.2, 0) is 0 Å². The highest BCUT2D eigenvalue weighted by atomic mass is 35.5. The normalized spacial score (nSPS) is 11.2. The second kappa shape index (κ2) is 4.24. The number of alkyl halides is 3. The van der Waals surface area contributed by atoms with Gasteiger partial charge in [-0.25, -0.2) is 0 Å². The molecule has 0 aliphatic carbocycles. The van der Waals surface area contributed by atoms with E-state index in [1.54, 1.807) is 0 Å². The minimum Gasteiger partial charge on any atom is -0.404 e. The van der Waals surface area contributed by atoms with Crippen LogP contribution >= 0.6 is 23.8 Å². The predicted molar refractivity (Wildman–Crippen MR) is 54.0 cm³/mol. The monoisotopic (exact) mass is 255 g/mol. The van der Waals surface area contributed by atoms with Gasteiger partial charge in [-0.1, -0.05) is 23.8 Å². The average molecular weight is 256 g/mol. The fourth-order valence-electron chi connectivity index (χ4n) is 0.862. The van der Waals surface area contributed by atoms with Gasteiger partial charge in [0.25, 0.3) is 0 Å². The Kier molecular flexibility index (Phi) is 3.41. The van der Waals surface area contributed by atoms with E-state index in [1.165, 1.54) is 12.1 Å². The van der Waals surface area contributed by atoms with Crippen molar-refractivity contribution < 1.29 is 17.9 Å². The largest absolute Gasteiger partial charge is 0.573 e. The van der Waals surface area contributed by atoms with E-state index < -0.39 is 12.1 Å². The van der Waals surface area contributed by atoms with Gasteiger partial charge in [0.05, 0.1) is 5.02 Å². The fourth-order valence-corrected chi connectivity index (χ4v) is 1.21. The Labute approximate surface area is 93.8 Å². The summed E-state index contributed by atoms with van der Waals surface area (Å²) in [5.74, 6) is -0.482. The summed E-state index contributed by atoms with van der Waals surface area (Å²) < 4.78 is 39.2. The van der Waals surface area contributed by atoms with Gasteiger partial charge in [-0.15, -0.1) is 13.2 Å². The third-order valence-corrected chi connectivity index (χ3v) is 1.97. The van der Waals surface area contributed by atoms with Crippen molar-refractivity contribution in [3.63, 3.8) is 0 Å². The van der Waals surface area contributed by atoms with E-state index in [-0.39, 0.29) is 10.0 Å². The summed E-state index contributed by atoms with van der Waals surface area (Å²) in [5, 5.41) is -0.197. The van der Waals surface area contributed by atoms with Crippen LogP contribution in [0.1, 0.15) is 5.56 Å². The summed E-state index contributed by atoms with van der Waals surface area (Å²) in [5.41, 5.74) is 5.65. The third kappa shape index (κ3) is 3.56. The van der Waals surface area contributed by atoms with Gasteiger partial charge in [0, 0.05) is 5.56 Å². The van der Waals surface area contributed by atoms with Gasteiger partial charge in [-0.2, -0.15) is 0 Å². The first-order valence-electron chi connectivity index (χ1n) is 3.65. The van der Waals surface area contributed by atoms with E-state index in [4.69, 9.17) is 17.3 Å². The molecule has 0 fully saturated rings. The van der Waals surface area contributed by atoms with Crippen LogP contribution in [0.4, 0.5) is 13.2 Å². The van der Waals surface area contributed by atoms with Gasteiger partial charge < -0.3 is 10.5 Å². The Morgan fingerprint density at radius 1 is 1.40 bits per heavy atom. The summed E-state index contributed by atoms with van der Waals surface area (Å²) in [6.45, 7) is 0. The zero-order chi connectivity index (χ0) is 11.6. The van der Waals surface area contributed by atoms with E-state index in [1.807, 2.05) is 0 Å². The topological polar surface area (TPSA) is 35.2 Å². The molecule has 1 rings (SSSR count). The number of nitrogens with two attached hydrogens (primary N) is 1. The summed E-state index contributed by atoms with van der Waals surface area (Å²) >= 11 is 10.2. The molecule has 0 aliphatic heterocycles. The second-order valence-corrected chi connectivity index (χ2v) is 3.40. The van der Waals surface area contributed by atoms with Gasteiger partial charge >= 0.3 is 6.36 Å². The van der Waals surface area contributed by atoms with E-state index in [0.29, 0.717) is 5.56 Å². The van der Waals surface area contributed by atoms with Crippen molar-refractivity contribution in [1.29, 1.82) is 0 Å². The summed E-state index contributed by atoms with van der Waals surface area (Å²) in [6.07, 6.45) is -4.77. The van der Waals surface area contributed by atoms with Crippen LogP contribution in [-0.4, -0.2) is 11.4 Å². The maximum Gasteiger partial charge on any atom is 0.573 e. The van der Waals surface area contributed by atoms with Crippen LogP contribution < -0.4 is 10.5 Å². The van der Waals surface area contributed by atoms with Crippen molar-refractivity contribution in [2.75, 3.05) is 0 Å². The molecule has 2 nitrogen and oxygen atoms in total. The number of thiocarbonyl (C=S) groups is 1. The number of halogens is 4. The van der Waals surface area contributed by atoms with Crippen molar-refractivity contribution in [1.82, 2.24) is 0 Å². The number of hydrogen-bond donors (Lipinski definition) is 1. The van der Waals surface area contributed by atoms with Crippen LogP contribution in [0.25, 0.3) is 0 Å². The minimum atomic E-state index is -4.77. The average Bonchev–Trinajstić information content (AvgIpc) is 2.05. The molecule has 0 atom stereocenters. The van der Waals surface area contributed by atoms with Crippen LogP contribution in [0.3, 0.4) is 0 Å². The Morgan fingerprint density at radius 3 is 2.40 bits per heavy atom. The first-order chi connectivity index (χ1) is 6.79. The summed E-state index contributed by atoms with van der Waals surface area (Å²) in [6, 6.07) is 3.57. The van der Waals surface area contributed by atoms with E-state index >= 15 is 0 Å². The molecule has 82 valence electrons. The highest BCUT2D eigenvalue weighted by molar-refractivity contribution is 7.80. The summed E-state index contributed by atoms with van der Waals surface area (Å²) in [4.78, 5) is 0.0514. The summed E-state index contributed by atoms with van der Waals surface area (Å²) in [7, 11) is 0. The molecule has 0 radical (unpaired) electrons. The highest BCUT2D eigenvalue weighted by Gasteiger charge is 2.32. The molecule has 0 amide bonds. The van der Waals surface area contributed by atoms with Crippen LogP contribution in [0.15, 0.2) is 18.2 Å². The molecule has 0 spiro atoms. The van der Waals surface area contributed by atoms with Crippen molar-refractivity contribution in [2.45, 2.75) is 6.36 Å². The zero-order valence-electron chi connectivity index (χ0n) is 7.14. The van der Waals surface area contributed by atoms with Gasteiger partial charge in [-0.05, 0) is 18.2 Å². The fraction of sp³-hybridized carbons (Fsp3) is 0.125. The van der Waals surface area contributed by atoms with Crippen molar-refractivity contribution in [2.24, 2.45) is 5.73 Å². The maximum atomic E-state index is 11.8. The number of hydrogen-bond acceptors (Lipinski definition) is 2. The molecule has 0 bridgehead atoms. The first kappa shape index (κ1) is 12.1. The number of benzene rings is 1. The molecule has 0 aromatic heterocycles. The standard InChI is InChI=1S/C8H5ClF3NOS/c9-5-3-4(7(13)15)1-2-6(5)14-8(10,11)12/h1-3H,(H2,13,15). The Bertz CT molecular complexity index is 394. The predicted octanol–water partition coefficient (Wildman–Crippen LogP) is 2.87. The third-order valence-electron chi connectivity index (χ3n) is 1.44. The van der Waals surface area contributed by atoms with Gasteiger partial charge in [-0.3, -0.25) is 0 Å². The first-order valence-corrected chi connectivity index (χ1v) is 4.43. The zero-order valence-corrected chi connectivity index (χ0v) is 8.71. The number of ether oxygens (including phenoxy) is 1. The van der Waals surface area contributed by atoms with Crippen molar-refractivity contribution in [3.8, 4) is 5.75 Å². The lowest BCUT2D eigenvalue weighted by Crippen LogP contribution is -2.17. The lowest BCUT2D eigenvalue weighted by atomic mass is 10.2. The van der Waals surface area contributed by atoms with Crippen LogP contribution in [0, 0.1) is 0 Å². The van der Waals surface area contributed by atoms with Gasteiger partial charge in [0.15, 0.2) is 0 Å². The molecular formula is C8H5ClF3NOS. The number of rotatable bonds is 2. The van der Waals surface area contributed by atoms with Crippen LogP contribution in [0.5, 0.6) is 5.75 Å². The van der Waals surface area contributed by atoms with Gasteiger partial charge in [0.2, 0.25) is 0 Å². The molecule has 0 unspecified atom stereocenters. The Balaban J connectivity index is 2.99. The lowest BCUT2D eigenvalue weighted by molar-refractivity contribution is -0.274. The minimum absolute atomic E-state index is 0.0514. The molecule has 0 aliphatic rings. The van der Waals surface area contributed by atoms with Gasteiger partial charge in [0.1, 0.15) is 10.7 Å². The molecule has 0 heterocycles. The smallest absolute Gasteiger partial charge is 0.404 e. The molecule has 1 aromatic carbocycles. The molecule has 7 heteroatoms. The maximum absolute atomic E-state index is 11.8. The van der Waals surface area contributed by atoms with E-state index in [9.17, 15) is 13.2 Å². The lowest BCUT2D eigenvalue weighted by Gasteiger charge is -2.10. The SMILES string of the molecule is NC(=S)c1ccc(OC(F)(F)F)c(Cl)c1. The highest BCUT2D eigenvalue weighted by Crippen LogP contribution is 2.30. The second-order valence-electron chi connectivity index (χ2n) is 2.56. The quantitative estimate of drug-likeness (QED) is 0.826. The molecule has 2 N–H and O–H groups in total.